The molecule has 0 unspecified atom stereocenters. The molecule has 2 aromatic rings. The molecule has 0 atom stereocenters. The van der Waals surface area contributed by atoms with Crippen molar-refractivity contribution in [1.82, 2.24) is 0 Å². The Morgan fingerprint density at radius 1 is 0.857 bits per heavy atom. The van der Waals surface area contributed by atoms with Gasteiger partial charge in [-0.1, -0.05) is 12.1 Å². The third-order valence-electron chi connectivity index (χ3n) is 2.84. The molecule has 0 radical (unpaired) electrons. The summed E-state index contributed by atoms with van der Waals surface area (Å²) in [6, 6.07) is 8.39. The van der Waals surface area contributed by atoms with E-state index in [-0.39, 0.29) is 22.6 Å². The average molecular weight is 618 g/mol. The molecule has 0 saturated heterocycles. The molecular formula is C14H5I3O4. The van der Waals surface area contributed by atoms with Gasteiger partial charge in [0.1, 0.15) is 16.9 Å². The zero-order chi connectivity index (χ0) is 15.1. The van der Waals surface area contributed by atoms with E-state index in [1.165, 1.54) is 0 Å². The number of rotatable bonds is 0. The number of benzene rings is 2. The van der Waals surface area contributed by atoms with E-state index in [2.05, 4.69) is 45.2 Å². The van der Waals surface area contributed by atoms with Gasteiger partial charge in [0.2, 0.25) is 0 Å². The quantitative estimate of drug-likeness (QED) is 0.192. The molecule has 0 fully saturated rings. The van der Waals surface area contributed by atoms with E-state index >= 15 is 0 Å². The van der Waals surface area contributed by atoms with Gasteiger partial charge in [0.15, 0.2) is 5.75 Å². The third-order valence-corrected chi connectivity index (χ3v) is 6.64. The van der Waals surface area contributed by atoms with E-state index in [1.54, 1.807) is 24.3 Å². The summed E-state index contributed by atoms with van der Waals surface area (Å²) in [5.74, 6) is -0.590. The minimum absolute atomic E-state index is 0.211. The van der Waals surface area contributed by atoms with Crippen LogP contribution >= 0.6 is 67.8 Å². The van der Waals surface area contributed by atoms with Crippen LogP contribution in [0.1, 0.15) is 20.7 Å². The highest BCUT2D eigenvalue weighted by atomic mass is 127. The van der Waals surface area contributed by atoms with Crippen LogP contribution in [0, 0.1) is 10.7 Å². The second kappa shape index (κ2) is 5.99. The number of esters is 2. The first-order valence-corrected chi connectivity index (χ1v) is 8.93. The van der Waals surface area contributed by atoms with Gasteiger partial charge in [-0.15, -0.1) is 0 Å². The molecule has 21 heavy (non-hydrogen) atoms. The van der Waals surface area contributed by atoms with Crippen molar-refractivity contribution in [3.05, 3.63) is 52.2 Å². The van der Waals surface area contributed by atoms with Gasteiger partial charge in [0.05, 0.1) is 3.57 Å². The Kier molecular flexibility index (Phi) is 4.41. The number of para-hydroxylation sites is 1. The Labute approximate surface area is 161 Å². The molecule has 0 aliphatic carbocycles. The fraction of sp³-hybridized carbons (Fsp3) is 0. The van der Waals surface area contributed by atoms with Crippen molar-refractivity contribution in [2.45, 2.75) is 0 Å². The standard InChI is InChI=1S/C14H5I3O4/c15-7-5-8(16)12-10(11(7)17)14(19)20-9-4-2-1-3-6(9)13(18)21-12/h1-5H. The van der Waals surface area contributed by atoms with Crippen LogP contribution < -0.4 is 9.47 Å². The summed E-state index contributed by atoms with van der Waals surface area (Å²) in [7, 11) is 0. The van der Waals surface area contributed by atoms with Gasteiger partial charge in [-0.05, 0) is 86.0 Å². The van der Waals surface area contributed by atoms with Crippen LogP contribution in [0.15, 0.2) is 30.3 Å². The molecule has 1 aliphatic rings. The highest BCUT2D eigenvalue weighted by Crippen LogP contribution is 2.36. The molecule has 1 heterocycles. The summed E-state index contributed by atoms with van der Waals surface area (Å²) in [4.78, 5) is 24.7. The second-order valence-electron chi connectivity index (χ2n) is 4.13. The molecule has 0 saturated carbocycles. The maximum atomic E-state index is 12.4. The summed E-state index contributed by atoms with van der Waals surface area (Å²) in [5.41, 5.74) is 0.524. The lowest BCUT2D eigenvalue weighted by Gasteiger charge is -2.18. The van der Waals surface area contributed by atoms with Gasteiger partial charge in [0.25, 0.3) is 0 Å². The summed E-state index contributed by atoms with van der Waals surface area (Å²) in [6.07, 6.45) is 0. The minimum atomic E-state index is -0.533. The number of halogens is 3. The molecule has 0 amide bonds. The number of fused-ring (bicyclic) bond motifs is 2. The topological polar surface area (TPSA) is 52.6 Å². The Balaban J connectivity index is 2.25. The van der Waals surface area contributed by atoms with Crippen molar-refractivity contribution in [2.24, 2.45) is 0 Å². The first-order valence-electron chi connectivity index (χ1n) is 5.70. The summed E-state index contributed by atoms with van der Waals surface area (Å²) in [5, 5.41) is 0. The van der Waals surface area contributed by atoms with Gasteiger partial charge >= 0.3 is 11.9 Å². The summed E-state index contributed by atoms with van der Waals surface area (Å²) < 4.78 is 13.1. The van der Waals surface area contributed by atoms with Crippen molar-refractivity contribution in [2.75, 3.05) is 0 Å². The van der Waals surface area contributed by atoms with Crippen LogP contribution in [0.5, 0.6) is 11.5 Å². The first kappa shape index (κ1) is 15.5. The van der Waals surface area contributed by atoms with Gasteiger partial charge in [-0.25, -0.2) is 9.59 Å². The highest BCUT2D eigenvalue weighted by Gasteiger charge is 2.30. The summed E-state index contributed by atoms with van der Waals surface area (Å²) >= 11 is 6.23. The van der Waals surface area contributed by atoms with E-state index < -0.39 is 11.9 Å². The Morgan fingerprint density at radius 3 is 2.33 bits per heavy atom. The molecule has 0 N–H and O–H groups in total. The zero-order valence-electron chi connectivity index (χ0n) is 10.2. The van der Waals surface area contributed by atoms with Crippen LogP contribution in [-0.2, 0) is 0 Å². The van der Waals surface area contributed by atoms with Crippen LogP contribution in [0.4, 0.5) is 0 Å². The first-order chi connectivity index (χ1) is 9.99. The molecule has 0 bridgehead atoms. The molecule has 0 spiro atoms. The predicted octanol–water partition coefficient (Wildman–Crippen LogP) is 4.25. The number of ether oxygens (including phenoxy) is 2. The van der Waals surface area contributed by atoms with Gasteiger partial charge in [-0.2, -0.15) is 0 Å². The molecular weight excluding hydrogens is 613 g/mol. The highest BCUT2D eigenvalue weighted by molar-refractivity contribution is 14.1. The number of hydrogen-bond acceptors (Lipinski definition) is 4. The van der Waals surface area contributed by atoms with Crippen LogP contribution in [0.3, 0.4) is 0 Å². The Hall–Kier alpha value is -0.430. The second-order valence-corrected chi connectivity index (χ2v) is 7.54. The number of hydrogen-bond donors (Lipinski definition) is 0. The SMILES string of the molecule is O=C1Oc2c(I)cc(I)c(I)c2C(=O)Oc2ccccc21. The third kappa shape index (κ3) is 2.79. The molecule has 7 heteroatoms. The van der Waals surface area contributed by atoms with E-state index in [1.807, 2.05) is 28.7 Å². The van der Waals surface area contributed by atoms with E-state index in [0.717, 1.165) is 3.57 Å². The van der Waals surface area contributed by atoms with Crippen LogP contribution in [0.2, 0.25) is 0 Å². The monoisotopic (exact) mass is 618 g/mol. The lowest BCUT2D eigenvalue weighted by molar-refractivity contribution is 0.0666. The average Bonchev–Trinajstić information content (AvgIpc) is 2.44. The fourth-order valence-electron chi connectivity index (χ4n) is 1.88. The largest absolute Gasteiger partial charge is 0.422 e. The lowest BCUT2D eigenvalue weighted by Crippen LogP contribution is -2.22. The van der Waals surface area contributed by atoms with Crippen molar-refractivity contribution < 1.29 is 19.1 Å². The van der Waals surface area contributed by atoms with E-state index in [0.29, 0.717) is 7.14 Å². The summed E-state index contributed by atoms with van der Waals surface area (Å²) in [6.45, 7) is 0. The zero-order valence-corrected chi connectivity index (χ0v) is 16.6. The Morgan fingerprint density at radius 2 is 1.57 bits per heavy atom. The molecule has 3 rings (SSSR count). The van der Waals surface area contributed by atoms with Crippen LogP contribution in [0.25, 0.3) is 0 Å². The fourth-order valence-corrected chi connectivity index (χ4v) is 4.37. The molecule has 1 aliphatic heterocycles. The van der Waals surface area contributed by atoms with Gasteiger partial charge < -0.3 is 9.47 Å². The predicted molar refractivity (Wildman–Crippen MR) is 101 cm³/mol. The molecule has 4 nitrogen and oxygen atoms in total. The number of carbonyl (C=O) groups excluding carboxylic acids is 2. The molecule has 106 valence electrons. The molecule has 0 aromatic heterocycles. The van der Waals surface area contributed by atoms with Crippen molar-refractivity contribution in [1.29, 1.82) is 0 Å². The smallest absolute Gasteiger partial charge is 0.348 e. The number of carbonyl (C=O) groups is 2. The molecule has 2 aromatic carbocycles. The lowest BCUT2D eigenvalue weighted by atomic mass is 10.1. The maximum absolute atomic E-state index is 12.4. The van der Waals surface area contributed by atoms with Crippen LogP contribution in [-0.4, -0.2) is 11.9 Å². The van der Waals surface area contributed by atoms with Gasteiger partial charge in [-0.3, -0.25) is 0 Å². The van der Waals surface area contributed by atoms with E-state index in [4.69, 9.17) is 9.47 Å². The van der Waals surface area contributed by atoms with Crippen molar-refractivity contribution >= 4 is 79.7 Å². The normalized spacial score (nSPS) is 13.5. The van der Waals surface area contributed by atoms with Gasteiger partial charge in [0, 0.05) is 7.14 Å². The minimum Gasteiger partial charge on any atom is -0.422 e. The van der Waals surface area contributed by atoms with Crippen molar-refractivity contribution in [3.63, 3.8) is 0 Å². The Bertz CT molecular complexity index is 786. The maximum Gasteiger partial charge on any atom is 0.348 e. The van der Waals surface area contributed by atoms with E-state index in [9.17, 15) is 9.59 Å². The van der Waals surface area contributed by atoms with Crippen molar-refractivity contribution in [3.8, 4) is 11.5 Å².